The average Bonchev–Trinajstić information content (AvgIpc) is 3.06. The van der Waals surface area contributed by atoms with E-state index in [-0.39, 0.29) is 51.6 Å². The Labute approximate surface area is 191 Å². The molecule has 0 saturated heterocycles. The van der Waals surface area contributed by atoms with Gasteiger partial charge in [0, 0.05) is 10.9 Å². The van der Waals surface area contributed by atoms with Gasteiger partial charge in [0.1, 0.15) is 10.6 Å². The molecule has 0 aliphatic rings. The Balaban J connectivity index is 0.00000280. The summed E-state index contributed by atoms with van der Waals surface area (Å²) in [4.78, 5) is 12.7. The molecule has 0 aliphatic heterocycles. The molecule has 5 nitrogen and oxygen atoms in total. The number of hydrogen-bond donors (Lipinski definition) is 1. The van der Waals surface area contributed by atoms with Gasteiger partial charge < -0.3 is 4.74 Å². The van der Waals surface area contributed by atoms with Crippen molar-refractivity contribution in [3.63, 3.8) is 0 Å². The molecule has 1 heterocycles. The maximum absolute atomic E-state index is 12.7. The van der Waals surface area contributed by atoms with Crippen molar-refractivity contribution in [1.82, 2.24) is 0 Å². The van der Waals surface area contributed by atoms with Gasteiger partial charge in [0.15, 0.2) is 0 Å². The number of ether oxygens (including phenoxy) is 1. The Morgan fingerprint density at radius 3 is 2.32 bits per heavy atom. The van der Waals surface area contributed by atoms with E-state index in [4.69, 9.17) is 4.74 Å². The van der Waals surface area contributed by atoms with Crippen molar-refractivity contribution in [3.05, 3.63) is 71.1 Å². The smallest absolute Gasteiger partial charge is 0.462 e. The van der Waals surface area contributed by atoms with Crippen molar-refractivity contribution in [2.45, 2.75) is 18.7 Å². The maximum atomic E-state index is 12.7. The summed E-state index contributed by atoms with van der Waals surface area (Å²) in [5, 5.41) is 2.00. The number of carbonyl (C=O) groups excluding carboxylic acids is 1. The summed E-state index contributed by atoms with van der Waals surface area (Å²) in [5.74, 6) is -0.556. The number of carbonyl (C=O) groups is 1. The largest absolute Gasteiger partial charge is 1.00 e. The van der Waals surface area contributed by atoms with Gasteiger partial charge in [0.2, 0.25) is 0 Å². The van der Waals surface area contributed by atoms with Crippen molar-refractivity contribution in [2.75, 3.05) is 11.3 Å². The molecule has 1 aromatic heterocycles. The molecule has 0 aliphatic carbocycles. The van der Waals surface area contributed by atoms with Crippen LogP contribution in [0.25, 0.3) is 11.1 Å². The fraction of sp³-hybridized carbons (Fsp3) is 0.150. The van der Waals surface area contributed by atoms with Crippen LogP contribution in [0.2, 0.25) is 0 Å². The Kier molecular flexibility index (Phi) is 7.86. The molecule has 0 bridgehead atoms. The van der Waals surface area contributed by atoms with Crippen molar-refractivity contribution >= 4 is 32.3 Å². The van der Waals surface area contributed by atoms with Gasteiger partial charge >= 0.3 is 35.5 Å². The maximum Gasteiger partial charge on any atom is 1.00 e. The summed E-state index contributed by atoms with van der Waals surface area (Å²) in [7, 11) is -3.82. The number of thiophene rings is 1. The van der Waals surface area contributed by atoms with Crippen molar-refractivity contribution in [3.8, 4) is 11.1 Å². The minimum Gasteiger partial charge on any atom is -0.462 e. The molecular weight excluding hydrogens is 405 g/mol. The number of hydrogen-bond acceptors (Lipinski definition) is 5. The van der Waals surface area contributed by atoms with Gasteiger partial charge in [-0.2, -0.15) is 0 Å². The molecule has 0 fully saturated rings. The van der Waals surface area contributed by atoms with Gasteiger partial charge in [0.05, 0.1) is 11.5 Å². The normalized spacial score (nSPS) is 10.8. The Bertz CT molecular complexity index is 1050. The first-order valence-corrected chi connectivity index (χ1v) is 10.7. The van der Waals surface area contributed by atoms with E-state index in [1.807, 2.05) is 37.3 Å². The van der Waals surface area contributed by atoms with Gasteiger partial charge in [0.25, 0.3) is 10.0 Å². The Morgan fingerprint density at radius 1 is 1.07 bits per heavy atom. The molecule has 0 atom stereocenters. The molecule has 0 amide bonds. The topological polar surface area (TPSA) is 72.5 Å². The molecule has 28 heavy (non-hydrogen) atoms. The molecule has 0 radical (unpaired) electrons. The second-order valence-electron chi connectivity index (χ2n) is 5.86. The van der Waals surface area contributed by atoms with Gasteiger partial charge in [-0.05, 0) is 31.5 Å². The summed E-state index contributed by atoms with van der Waals surface area (Å²) in [6, 6.07) is 15.8. The Morgan fingerprint density at radius 2 is 1.71 bits per heavy atom. The van der Waals surface area contributed by atoms with E-state index in [0.717, 1.165) is 22.5 Å². The zero-order chi connectivity index (χ0) is 19.4. The fourth-order valence-electron chi connectivity index (χ4n) is 2.57. The molecule has 0 unspecified atom stereocenters. The molecule has 3 rings (SSSR count). The number of benzene rings is 2. The van der Waals surface area contributed by atoms with E-state index >= 15 is 0 Å². The summed E-state index contributed by atoms with van der Waals surface area (Å²) in [5.41, 5.74) is 2.64. The predicted octanol–water partition coefficient (Wildman–Crippen LogP) is 1.71. The van der Waals surface area contributed by atoms with E-state index in [2.05, 4.69) is 4.72 Å². The minimum atomic E-state index is -3.82. The van der Waals surface area contributed by atoms with Crippen LogP contribution in [0.1, 0.15) is 22.8 Å². The first kappa shape index (κ1) is 22.6. The van der Waals surface area contributed by atoms with E-state index in [1.165, 1.54) is 12.1 Å². The van der Waals surface area contributed by atoms with Crippen LogP contribution in [0.3, 0.4) is 0 Å². The molecule has 140 valence electrons. The molecule has 3 aromatic rings. The zero-order valence-corrected chi connectivity index (χ0v) is 19.6. The number of aryl methyl sites for hydroxylation is 1. The number of esters is 1. The summed E-state index contributed by atoms with van der Waals surface area (Å²) in [6.07, 6.45) is 0. The van der Waals surface area contributed by atoms with Gasteiger partial charge in [-0.25, -0.2) is 13.2 Å². The van der Waals surface area contributed by atoms with Crippen molar-refractivity contribution in [1.29, 1.82) is 0 Å². The minimum absolute atomic E-state index is 0. The zero-order valence-electron chi connectivity index (χ0n) is 15.9. The van der Waals surface area contributed by atoms with E-state index in [1.54, 1.807) is 24.4 Å². The first-order chi connectivity index (χ1) is 12.9. The van der Waals surface area contributed by atoms with Gasteiger partial charge in [-0.3, -0.25) is 4.72 Å². The second kappa shape index (κ2) is 9.71. The molecule has 8 heteroatoms. The van der Waals surface area contributed by atoms with Crippen LogP contribution in [0.15, 0.2) is 64.9 Å². The number of nitrogens with one attached hydrogen (secondary N) is 1. The van der Waals surface area contributed by atoms with E-state index < -0.39 is 16.0 Å². The molecule has 1 N–H and O–H groups in total. The molecule has 0 spiro atoms. The van der Waals surface area contributed by atoms with Crippen LogP contribution in [0.4, 0.5) is 5.00 Å². The standard InChI is InChI=1S/C20H19NO4S2.Na/c1-3-25-20(22)18-17(15-7-5-4-6-8-15)13-26-19(18)21-27(23,24)16-11-9-14(2)10-12-16;/h4-13,21H,3H2,1-2H3;/q;+1. The van der Waals surface area contributed by atoms with Crippen LogP contribution in [-0.4, -0.2) is 21.0 Å². The first-order valence-electron chi connectivity index (χ1n) is 8.36. The van der Waals surface area contributed by atoms with Gasteiger partial charge in [-0.1, -0.05) is 48.0 Å². The number of rotatable bonds is 6. The Hall–Kier alpha value is -1.64. The summed E-state index contributed by atoms with van der Waals surface area (Å²) in [6.45, 7) is 3.80. The summed E-state index contributed by atoms with van der Waals surface area (Å²) < 4.78 is 33.2. The van der Waals surface area contributed by atoms with E-state index in [9.17, 15) is 13.2 Å². The van der Waals surface area contributed by atoms with Crippen LogP contribution in [0, 0.1) is 6.92 Å². The third-order valence-corrected chi connectivity index (χ3v) is 6.30. The van der Waals surface area contributed by atoms with Crippen LogP contribution < -0.4 is 34.3 Å². The second-order valence-corrected chi connectivity index (χ2v) is 8.42. The van der Waals surface area contributed by atoms with Crippen LogP contribution in [-0.2, 0) is 14.8 Å². The van der Waals surface area contributed by atoms with Crippen molar-refractivity contribution in [2.24, 2.45) is 0 Å². The quantitative estimate of drug-likeness (QED) is 0.483. The third kappa shape index (κ3) is 5.04. The molecule has 2 aromatic carbocycles. The van der Waals surface area contributed by atoms with Crippen LogP contribution in [0.5, 0.6) is 0 Å². The van der Waals surface area contributed by atoms with Crippen LogP contribution >= 0.6 is 11.3 Å². The number of sulfonamides is 1. The van der Waals surface area contributed by atoms with Gasteiger partial charge in [-0.15, -0.1) is 11.3 Å². The number of anilines is 1. The SMILES string of the molecule is CCOC(=O)c1c(-c2ccccc2)csc1NS(=O)(=O)c1ccc(C)cc1.[Na+]. The molecule has 0 saturated carbocycles. The van der Waals surface area contributed by atoms with Crippen molar-refractivity contribution < 1.29 is 47.5 Å². The third-order valence-electron chi connectivity index (χ3n) is 3.91. The average molecular weight is 424 g/mol. The summed E-state index contributed by atoms with van der Waals surface area (Å²) >= 11 is 1.16. The predicted molar refractivity (Wildman–Crippen MR) is 108 cm³/mol. The monoisotopic (exact) mass is 424 g/mol. The molecular formula is C20H19NNaO4S2+. The fourth-order valence-corrected chi connectivity index (χ4v) is 4.85. The van der Waals surface area contributed by atoms with E-state index in [0.29, 0.717) is 5.56 Å².